The number of rotatable bonds is 4. The molecule has 6 nitrogen and oxygen atoms in total. The molecule has 3 heterocycles. The summed E-state index contributed by atoms with van der Waals surface area (Å²) in [5.41, 5.74) is -0.624. The fourth-order valence-corrected chi connectivity index (χ4v) is 3.64. The Morgan fingerprint density at radius 2 is 2.38 bits per heavy atom. The number of hydrogen-bond acceptors (Lipinski definition) is 5. The predicted octanol–water partition coefficient (Wildman–Crippen LogP) is 1.12. The Hall–Kier alpha value is -0.980. The number of aromatic nitrogens is 3. The molecule has 0 unspecified atom stereocenters. The maximum absolute atomic E-state index is 10.7. The van der Waals surface area contributed by atoms with Crippen LogP contribution in [-0.4, -0.2) is 56.6 Å². The van der Waals surface area contributed by atoms with Crippen molar-refractivity contribution in [3.05, 3.63) is 11.6 Å². The molecule has 3 atom stereocenters. The quantitative estimate of drug-likeness (QED) is 0.870. The summed E-state index contributed by atoms with van der Waals surface area (Å²) in [6.45, 7) is 7.18. The highest BCUT2D eigenvalue weighted by Crippen LogP contribution is 2.36. The largest absolute Gasteiger partial charge is 0.390 e. The fourth-order valence-electron chi connectivity index (χ4n) is 3.64. The summed E-state index contributed by atoms with van der Waals surface area (Å²) in [4.78, 5) is 6.93. The van der Waals surface area contributed by atoms with Crippen molar-refractivity contribution < 1.29 is 9.84 Å². The van der Waals surface area contributed by atoms with Crippen molar-refractivity contribution >= 4 is 0 Å². The van der Waals surface area contributed by atoms with Crippen LogP contribution in [0, 0.1) is 5.92 Å². The van der Waals surface area contributed by atoms with E-state index in [4.69, 9.17) is 4.74 Å². The van der Waals surface area contributed by atoms with Gasteiger partial charge in [0.15, 0.2) is 0 Å². The Labute approximate surface area is 125 Å². The van der Waals surface area contributed by atoms with Gasteiger partial charge in [0.2, 0.25) is 0 Å². The van der Waals surface area contributed by atoms with Gasteiger partial charge in [0.25, 0.3) is 0 Å². The van der Waals surface area contributed by atoms with Crippen LogP contribution in [0.2, 0.25) is 0 Å². The smallest absolute Gasteiger partial charge is 0.150 e. The molecule has 6 heteroatoms. The maximum atomic E-state index is 10.7. The first-order valence-electron chi connectivity index (χ1n) is 8.04. The lowest BCUT2D eigenvalue weighted by Crippen LogP contribution is -2.52. The van der Waals surface area contributed by atoms with Crippen molar-refractivity contribution in [2.45, 2.75) is 57.7 Å². The first kappa shape index (κ1) is 14.9. The van der Waals surface area contributed by atoms with Gasteiger partial charge in [0, 0.05) is 25.0 Å². The van der Waals surface area contributed by atoms with Crippen molar-refractivity contribution in [1.82, 2.24) is 20.1 Å². The maximum Gasteiger partial charge on any atom is 0.150 e. The topological polar surface area (TPSA) is 74.3 Å². The van der Waals surface area contributed by atoms with E-state index < -0.39 is 5.60 Å². The molecule has 0 aliphatic carbocycles. The van der Waals surface area contributed by atoms with Gasteiger partial charge in [0.1, 0.15) is 11.6 Å². The molecule has 0 saturated carbocycles. The van der Waals surface area contributed by atoms with E-state index in [1.54, 1.807) is 0 Å². The second kappa shape index (κ2) is 6.02. The number of hydrogen-bond donors (Lipinski definition) is 2. The van der Waals surface area contributed by atoms with Crippen LogP contribution < -0.4 is 0 Å². The minimum Gasteiger partial charge on any atom is -0.390 e. The summed E-state index contributed by atoms with van der Waals surface area (Å²) >= 11 is 0. The van der Waals surface area contributed by atoms with E-state index in [0.717, 1.165) is 44.0 Å². The van der Waals surface area contributed by atoms with Crippen LogP contribution in [0.3, 0.4) is 0 Å². The molecule has 118 valence electrons. The zero-order valence-corrected chi connectivity index (χ0v) is 13.0. The van der Waals surface area contributed by atoms with Crippen LogP contribution in [0.4, 0.5) is 0 Å². The molecule has 1 aromatic rings. The van der Waals surface area contributed by atoms with Gasteiger partial charge in [-0.05, 0) is 32.7 Å². The van der Waals surface area contributed by atoms with Crippen molar-refractivity contribution in [2.24, 2.45) is 5.92 Å². The Morgan fingerprint density at radius 3 is 3.10 bits per heavy atom. The third-order valence-corrected chi connectivity index (χ3v) is 4.97. The van der Waals surface area contributed by atoms with E-state index in [1.807, 2.05) is 6.92 Å². The average Bonchev–Trinajstić information content (AvgIpc) is 3.08. The predicted molar refractivity (Wildman–Crippen MR) is 78.7 cm³/mol. The summed E-state index contributed by atoms with van der Waals surface area (Å²) in [6.07, 6.45) is 3.88. The van der Waals surface area contributed by atoms with E-state index in [1.165, 1.54) is 6.42 Å². The van der Waals surface area contributed by atoms with Crippen LogP contribution in [0.5, 0.6) is 0 Å². The van der Waals surface area contributed by atoms with Gasteiger partial charge >= 0.3 is 0 Å². The van der Waals surface area contributed by atoms with Gasteiger partial charge in [-0.2, -0.15) is 5.10 Å². The molecule has 0 bridgehead atoms. The highest BCUT2D eigenvalue weighted by atomic mass is 16.5. The normalized spacial score (nSPS) is 34.4. The molecule has 0 spiro atoms. The van der Waals surface area contributed by atoms with E-state index in [2.05, 4.69) is 27.0 Å². The van der Waals surface area contributed by atoms with Crippen molar-refractivity contribution in [3.8, 4) is 0 Å². The first-order chi connectivity index (χ1) is 10.1. The van der Waals surface area contributed by atoms with Crippen LogP contribution in [0.25, 0.3) is 0 Å². The fraction of sp³-hybridized carbons (Fsp3) is 0.867. The summed E-state index contributed by atoms with van der Waals surface area (Å²) in [5, 5.41) is 17.9. The summed E-state index contributed by atoms with van der Waals surface area (Å²) in [7, 11) is 0. The molecule has 2 aliphatic heterocycles. The molecule has 3 rings (SSSR count). The molecule has 0 amide bonds. The lowest BCUT2D eigenvalue weighted by Gasteiger charge is -2.43. The lowest BCUT2D eigenvalue weighted by molar-refractivity contribution is -0.123. The molecule has 2 N–H and O–H groups in total. The molecule has 0 radical (unpaired) electrons. The summed E-state index contributed by atoms with van der Waals surface area (Å²) in [6, 6.07) is 0.371. The number of H-pyrrole nitrogens is 1. The number of ether oxygens (including phenoxy) is 1. The number of nitrogens with zero attached hydrogens (tertiary/aromatic N) is 3. The monoisotopic (exact) mass is 294 g/mol. The summed E-state index contributed by atoms with van der Waals surface area (Å²) < 4.78 is 5.63. The van der Waals surface area contributed by atoms with Gasteiger partial charge in [-0.25, -0.2) is 4.98 Å². The highest BCUT2D eigenvalue weighted by Gasteiger charge is 2.44. The Morgan fingerprint density at radius 1 is 1.52 bits per heavy atom. The van der Waals surface area contributed by atoms with Crippen molar-refractivity contribution in [3.63, 3.8) is 0 Å². The Balaban J connectivity index is 1.70. The lowest BCUT2D eigenvalue weighted by atomic mass is 9.79. The van der Waals surface area contributed by atoms with Gasteiger partial charge in [-0.15, -0.1) is 0 Å². The zero-order valence-electron chi connectivity index (χ0n) is 13.0. The van der Waals surface area contributed by atoms with Crippen molar-refractivity contribution in [1.29, 1.82) is 0 Å². The molecule has 1 aromatic heterocycles. The van der Waals surface area contributed by atoms with Gasteiger partial charge in [0.05, 0.1) is 18.8 Å². The van der Waals surface area contributed by atoms with E-state index in [0.29, 0.717) is 19.3 Å². The molecule has 2 saturated heterocycles. The number of nitrogens with one attached hydrogen (secondary N) is 1. The second-order valence-corrected chi connectivity index (χ2v) is 6.52. The molecule has 0 aromatic carbocycles. The van der Waals surface area contributed by atoms with E-state index >= 15 is 0 Å². The van der Waals surface area contributed by atoms with Gasteiger partial charge < -0.3 is 9.84 Å². The summed E-state index contributed by atoms with van der Waals surface area (Å²) in [5.74, 6) is 1.98. The van der Waals surface area contributed by atoms with Crippen LogP contribution >= 0.6 is 0 Å². The second-order valence-electron chi connectivity index (χ2n) is 6.52. The third-order valence-electron chi connectivity index (χ3n) is 4.97. The van der Waals surface area contributed by atoms with Gasteiger partial charge in [-0.1, -0.05) is 6.92 Å². The van der Waals surface area contributed by atoms with Gasteiger partial charge in [-0.3, -0.25) is 10.00 Å². The SMILES string of the molecule is CCc1n[nH]c(CN2CCC[C@@H]2[C@@H]2COCC[C@@]2(C)O)n1. The first-order valence-corrected chi connectivity index (χ1v) is 8.04. The van der Waals surface area contributed by atoms with Crippen LogP contribution in [0.15, 0.2) is 0 Å². The van der Waals surface area contributed by atoms with E-state index in [9.17, 15) is 5.11 Å². The van der Waals surface area contributed by atoms with Crippen molar-refractivity contribution in [2.75, 3.05) is 19.8 Å². The Kier molecular flexibility index (Phi) is 4.28. The molecular formula is C15H26N4O2. The number of likely N-dealkylation sites (tertiary alicyclic amines) is 1. The minimum absolute atomic E-state index is 0.183. The molecule has 2 aliphatic rings. The highest BCUT2D eigenvalue weighted by molar-refractivity contribution is 4.98. The number of aromatic amines is 1. The third kappa shape index (κ3) is 3.12. The number of aryl methyl sites for hydroxylation is 1. The van der Waals surface area contributed by atoms with E-state index in [-0.39, 0.29) is 5.92 Å². The zero-order chi connectivity index (χ0) is 14.9. The van der Waals surface area contributed by atoms with Crippen LogP contribution in [-0.2, 0) is 17.7 Å². The average molecular weight is 294 g/mol. The standard InChI is InChI=1S/C15H26N4O2/c1-3-13-16-14(18-17-13)9-19-7-4-5-12(19)11-10-21-8-6-15(11,2)20/h11-12,20H,3-10H2,1-2H3,(H,16,17,18)/t11-,12+,15+/m0/s1. The number of aliphatic hydroxyl groups is 1. The molecule has 21 heavy (non-hydrogen) atoms. The van der Waals surface area contributed by atoms with Crippen LogP contribution in [0.1, 0.15) is 44.8 Å². The molecular weight excluding hydrogens is 268 g/mol. The minimum atomic E-state index is -0.624. The molecule has 2 fully saturated rings. The Bertz CT molecular complexity index is 474.